The number of benzene rings is 2. The zero-order chi connectivity index (χ0) is 11.4. The summed E-state index contributed by atoms with van der Waals surface area (Å²) in [5, 5.41) is 12.0. The Morgan fingerprint density at radius 3 is 2.75 bits per heavy atom. The van der Waals surface area contributed by atoms with Gasteiger partial charge < -0.3 is 5.11 Å². The van der Waals surface area contributed by atoms with Gasteiger partial charge in [0.2, 0.25) is 0 Å². The fourth-order valence-corrected chi connectivity index (χ4v) is 1.81. The van der Waals surface area contributed by atoms with Crippen LogP contribution in [0.15, 0.2) is 42.5 Å². The number of phenols is 1. The smallest absolute Gasteiger partial charge is 0.130 e. The fourth-order valence-electron chi connectivity index (χ4n) is 1.68. The Morgan fingerprint density at radius 2 is 1.94 bits per heavy atom. The van der Waals surface area contributed by atoms with E-state index in [0.717, 1.165) is 22.8 Å². The first-order chi connectivity index (χ1) is 7.83. The van der Waals surface area contributed by atoms with Gasteiger partial charge in [0.1, 0.15) is 5.75 Å². The van der Waals surface area contributed by atoms with Crippen molar-refractivity contribution < 1.29 is 5.11 Å². The molecule has 82 valence electrons. The first kappa shape index (κ1) is 11.0. The molecule has 2 rings (SSSR count). The Morgan fingerprint density at radius 1 is 1.12 bits per heavy atom. The molecule has 1 N–H and O–H groups in total. The van der Waals surface area contributed by atoms with Crippen LogP contribution in [0.1, 0.15) is 12.0 Å². The molecule has 16 heavy (non-hydrogen) atoms. The third kappa shape index (κ3) is 2.20. The topological polar surface area (TPSA) is 20.2 Å². The van der Waals surface area contributed by atoms with Crippen LogP contribution in [0.2, 0.25) is 0 Å². The summed E-state index contributed by atoms with van der Waals surface area (Å²) in [6.07, 6.45) is 4.69. The summed E-state index contributed by atoms with van der Waals surface area (Å²) in [4.78, 5) is 0. The van der Waals surface area contributed by atoms with Gasteiger partial charge in [-0.15, -0.1) is 11.6 Å². The summed E-state index contributed by atoms with van der Waals surface area (Å²) >= 11 is 5.59. The second-order valence-electron chi connectivity index (χ2n) is 3.60. The van der Waals surface area contributed by atoms with Gasteiger partial charge in [-0.3, -0.25) is 0 Å². The highest BCUT2D eigenvalue weighted by molar-refractivity contribution is 6.17. The molecular weight excluding hydrogens is 220 g/mol. The van der Waals surface area contributed by atoms with Crippen molar-refractivity contribution in [1.29, 1.82) is 0 Å². The lowest BCUT2D eigenvalue weighted by Crippen LogP contribution is -1.79. The van der Waals surface area contributed by atoms with Crippen molar-refractivity contribution in [2.45, 2.75) is 6.42 Å². The molecule has 0 saturated heterocycles. The van der Waals surface area contributed by atoms with Gasteiger partial charge in [0, 0.05) is 16.8 Å². The van der Waals surface area contributed by atoms with E-state index in [1.807, 2.05) is 48.6 Å². The van der Waals surface area contributed by atoms with Crippen LogP contribution in [0.25, 0.3) is 16.8 Å². The van der Waals surface area contributed by atoms with Gasteiger partial charge >= 0.3 is 0 Å². The Labute approximate surface area is 100.0 Å². The number of aromatic hydroxyl groups is 1. The van der Waals surface area contributed by atoms with Crippen LogP contribution in [-0.2, 0) is 0 Å². The van der Waals surface area contributed by atoms with Crippen molar-refractivity contribution in [3.8, 4) is 5.75 Å². The van der Waals surface area contributed by atoms with Crippen molar-refractivity contribution in [1.82, 2.24) is 0 Å². The molecule has 0 heterocycles. The van der Waals surface area contributed by atoms with Gasteiger partial charge in [0.15, 0.2) is 0 Å². The molecule has 0 unspecified atom stereocenters. The van der Waals surface area contributed by atoms with Crippen LogP contribution < -0.4 is 0 Å². The van der Waals surface area contributed by atoms with E-state index < -0.39 is 0 Å². The van der Waals surface area contributed by atoms with E-state index in [-0.39, 0.29) is 0 Å². The standard InChI is InChI=1S/C14H13ClO/c15-10-4-3-6-12-9-8-11-5-1-2-7-13(11)14(12)16/h1-3,5-9,16H,4,10H2. The van der Waals surface area contributed by atoms with E-state index in [1.54, 1.807) is 0 Å². The predicted molar refractivity (Wildman–Crippen MR) is 70.0 cm³/mol. The Kier molecular flexibility index (Phi) is 3.47. The molecule has 0 aromatic heterocycles. The molecule has 1 nitrogen and oxygen atoms in total. The highest BCUT2D eigenvalue weighted by Crippen LogP contribution is 2.29. The molecule has 0 aliphatic heterocycles. The summed E-state index contributed by atoms with van der Waals surface area (Å²) in [5.74, 6) is 0.939. The van der Waals surface area contributed by atoms with E-state index >= 15 is 0 Å². The zero-order valence-electron chi connectivity index (χ0n) is 8.86. The maximum atomic E-state index is 10.1. The van der Waals surface area contributed by atoms with Gasteiger partial charge in [-0.05, 0) is 11.8 Å². The van der Waals surface area contributed by atoms with E-state index in [1.165, 1.54) is 0 Å². The number of hydrogen-bond acceptors (Lipinski definition) is 1. The van der Waals surface area contributed by atoms with Crippen LogP contribution in [0.5, 0.6) is 5.75 Å². The predicted octanol–water partition coefficient (Wildman–Crippen LogP) is 4.19. The maximum absolute atomic E-state index is 10.1. The third-order valence-electron chi connectivity index (χ3n) is 2.50. The number of halogens is 1. The highest BCUT2D eigenvalue weighted by Gasteiger charge is 2.02. The quantitative estimate of drug-likeness (QED) is 0.787. The molecule has 2 aromatic carbocycles. The molecule has 0 aliphatic rings. The summed E-state index contributed by atoms with van der Waals surface area (Å²) < 4.78 is 0. The minimum Gasteiger partial charge on any atom is -0.507 e. The third-order valence-corrected chi connectivity index (χ3v) is 2.72. The van der Waals surface area contributed by atoms with E-state index in [2.05, 4.69) is 0 Å². The molecule has 0 spiro atoms. The first-order valence-electron chi connectivity index (χ1n) is 5.26. The van der Waals surface area contributed by atoms with E-state index in [4.69, 9.17) is 11.6 Å². The van der Waals surface area contributed by atoms with Crippen LogP contribution >= 0.6 is 11.6 Å². The summed E-state index contributed by atoms with van der Waals surface area (Å²) in [6.45, 7) is 0. The molecule has 0 saturated carbocycles. The minimum atomic E-state index is 0.337. The lowest BCUT2D eigenvalue weighted by Gasteiger charge is -2.04. The average Bonchev–Trinajstić information content (AvgIpc) is 2.33. The second-order valence-corrected chi connectivity index (χ2v) is 3.98. The van der Waals surface area contributed by atoms with E-state index in [0.29, 0.717) is 11.6 Å². The SMILES string of the molecule is Oc1c(C=CCCCl)ccc2ccccc12. The van der Waals surface area contributed by atoms with Crippen molar-refractivity contribution in [3.63, 3.8) is 0 Å². The van der Waals surface area contributed by atoms with Crippen molar-refractivity contribution in [2.75, 3.05) is 5.88 Å². The van der Waals surface area contributed by atoms with Crippen molar-refractivity contribution in [2.24, 2.45) is 0 Å². The number of allylic oxidation sites excluding steroid dienone is 1. The summed E-state index contributed by atoms with van der Waals surface area (Å²) in [6, 6.07) is 11.7. The van der Waals surface area contributed by atoms with E-state index in [9.17, 15) is 5.11 Å². The number of hydrogen-bond donors (Lipinski definition) is 1. The van der Waals surface area contributed by atoms with Gasteiger partial charge in [-0.25, -0.2) is 0 Å². The number of phenolic OH excluding ortho intramolecular Hbond substituents is 1. The molecule has 0 amide bonds. The first-order valence-corrected chi connectivity index (χ1v) is 5.79. The number of rotatable bonds is 3. The molecule has 0 fully saturated rings. The van der Waals surface area contributed by atoms with Gasteiger partial charge in [-0.1, -0.05) is 48.6 Å². The normalized spacial score (nSPS) is 11.3. The Bertz CT molecular complexity index is 517. The van der Waals surface area contributed by atoms with Gasteiger partial charge in [0.05, 0.1) is 0 Å². The van der Waals surface area contributed by atoms with Gasteiger partial charge in [0.25, 0.3) is 0 Å². The van der Waals surface area contributed by atoms with Crippen LogP contribution in [-0.4, -0.2) is 11.0 Å². The highest BCUT2D eigenvalue weighted by atomic mass is 35.5. The Balaban J connectivity index is 2.44. The largest absolute Gasteiger partial charge is 0.507 e. The molecule has 0 aliphatic carbocycles. The molecule has 2 heteroatoms. The van der Waals surface area contributed by atoms with Crippen molar-refractivity contribution >= 4 is 28.4 Å². The zero-order valence-corrected chi connectivity index (χ0v) is 9.61. The van der Waals surface area contributed by atoms with Crippen LogP contribution in [0.3, 0.4) is 0 Å². The lowest BCUT2D eigenvalue weighted by molar-refractivity contribution is 0.480. The monoisotopic (exact) mass is 232 g/mol. The molecule has 0 atom stereocenters. The molecular formula is C14H13ClO. The molecule has 0 bridgehead atoms. The maximum Gasteiger partial charge on any atom is 0.130 e. The molecule has 0 radical (unpaired) electrons. The fraction of sp³-hybridized carbons (Fsp3) is 0.143. The lowest BCUT2D eigenvalue weighted by atomic mass is 10.0. The van der Waals surface area contributed by atoms with Crippen LogP contribution in [0.4, 0.5) is 0 Å². The average molecular weight is 233 g/mol. The second kappa shape index (κ2) is 5.04. The minimum absolute atomic E-state index is 0.337. The van der Waals surface area contributed by atoms with Gasteiger partial charge in [-0.2, -0.15) is 0 Å². The molecule has 2 aromatic rings. The number of fused-ring (bicyclic) bond motifs is 1. The summed E-state index contributed by atoms with van der Waals surface area (Å²) in [7, 11) is 0. The summed E-state index contributed by atoms with van der Waals surface area (Å²) in [5.41, 5.74) is 0.837. The van der Waals surface area contributed by atoms with Crippen molar-refractivity contribution in [3.05, 3.63) is 48.0 Å². The van der Waals surface area contributed by atoms with Crippen LogP contribution in [0, 0.1) is 0 Å². The number of alkyl halides is 1. The Hall–Kier alpha value is -1.47.